The van der Waals surface area contributed by atoms with Crippen LogP contribution < -0.4 is 4.90 Å². The Labute approximate surface area is 159 Å². The zero-order chi connectivity index (χ0) is 19.4. The number of carbonyl (C=O) groups is 2. The monoisotopic (exact) mass is 370 g/mol. The first-order valence-electron chi connectivity index (χ1n) is 9.28. The summed E-state index contributed by atoms with van der Waals surface area (Å²) in [6.07, 6.45) is 3.57. The Morgan fingerprint density at radius 1 is 1.11 bits per heavy atom. The summed E-state index contributed by atoms with van der Waals surface area (Å²) in [5.41, 5.74) is 3.33. The summed E-state index contributed by atoms with van der Waals surface area (Å²) in [7, 11) is 0. The van der Waals surface area contributed by atoms with E-state index < -0.39 is 0 Å². The first-order valence-corrected chi connectivity index (χ1v) is 9.28. The fourth-order valence-electron chi connectivity index (χ4n) is 3.46. The van der Waals surface area contributed by atoms with Crippen molar-refractivity contribution in [1.82, 2.24) is 14.5 Å². The van der Waals surface area contributed by atoms with E-state index in [0.717, 1.165) is 30.2 Å². The number of nitrogens with zero attached hydrogens (tertiary/aromatic N) is 4. The molecule has 2 aromatic heterocycles. The second-order valence-electron chi connectivity index (χ2n) is 6.66. The Morgan fingerprint density at radius 2 is 1.78 bits per heavy atom. The summed E-state index contributed by atoms with van der Waals surface area (Å²) < 4.78 is 6.99. The molecule has 7 nitrogen and oxygen atoms in total. The second kappa shape index (κ2) is 8.24. The van der Waals surface area contributed by atoms with Gasteiger partial charge in [0.2, 0.25) is 5.91 Å². The molecular formula is C20H26N4O3. The van der Waals surface area contributed by atoms with Gasteiger partial charge in [0.15, 0.2) is 0 Å². The van der Waals surface area contributed by atoms with Crippen LogP contribution in [0.1, 0.15) is 28.7 Å². The maximum absolute atomic E-state index is 12.8. The van der Waals surface area contributed by atoms with E-state index >= 15 is 0 Å². The van der Waals surface area contributed by atoms with Crippen LogP contribution in [0.2, 0.25) is 0 Å². The van der Waals surface area contributed by atoms with Crippen LogP contribution in [0, 0.1) is 13.8 Å². The smallest absolute Gasteiger partial charge is 0.339 e. The highest BCUT2D eigenvalue weighted by molar-refractivity contribution is 5.91. The van der Waals surface area contributed by atoms with Crippen LogP contribution in [0.25, 0.3) is 0 Å². The molecule has 1 fully saturated rings. The Kier molecular flexibility index (Phi) is 5.78. The van der Waals surface area contributed by atoms with E-state index in [1.807, 2.05) is 35.4 Å². The van der Waals surface area contributed by atoms with Gasteiger partial charge in [-0.1, -0.05) is 0 Å². The number of esters is 1. The van der Waals surface area contributed by atoms with E-state index in [2.05, 4.69) is 9.88 Å². The van der Waals surface area contributed by atoms with Crippen LogP contribution in [0.3, 0.4) is 0 Å². The summed E-state index contributed by atoms with van der Waals surface area (Å²) in [6.45, 7) is 9.09. The summed E-state index contributed by atoms with van der Waals surface area (Å²) in [5.74, 6) is -0.267. The zero-order valence-corrected chi connectivity index (χ0v) is 16.1. The van der Waals surface area contributed by atoms with E-state index in [0.29, 0.717) is 25.3 Å². The van der Waals surface area contributed by atoms with Crippen LogP contribution in [0.5, 0.6) is 0 Å². The van der Waals surface area contributed by atoms with Crippen molar-refractivity contribution in [3.8, 4) is 0 Å². The number of amides is 1. The number of pyridine rings is 1. The lowest BCUT2D eigenvalue weighted by Crippen LogP contribution is -2.49. The molecule has 0 atom stereocenters. The summed E-state index contributed by atoms with van der Waals surface area (Å²) in [6, 6.07) is 5.77. The van der Waals surface area contributed by atoms with E-state index in [9.17, 15) is 9.59 Å². The Hall–Kier alpha value is -2.83. The topological polar surface area (TPSA) is 67.7 Å². The predicted molar refractivity (Wildman–Crippen MR) is 103 cm³/mol. The van der Waals surface area contributed by atoms with Gasteiger partial charge < -0.3 is 19.1 Å². The van der Waals surface area contributed by atoms with Gasteiger partial charge in [-0.25, -0.2) is 4.79 Å². The third kappa shape index (κ3) is 4.13. The number of anilines is 1. The van der Waals surface area contributed by atoms with E-state index in [1.165, 1.54) is 0 Å². The van der Waals surface area contributed by atoms with Crippen molar-refractivity contribution < 1.29 is 14.3 Å². The van der Waals surface area contributed by atoms with Crippen LogP contribution in [-0.2, 0) is 16.1 Å². The van der Waals surface area contributed by atoms with Gasteiger partial charge >= 0.3 is 5.97 Å². The fraction of sp³-hybridized carbons (Fsp3) is 0.450. The van der Waals surface area contributed by atoms with Crippen molar-refractivity contribution in [1.29, 1.82) is 0 Å². The predicted octanol–water partition coefficient (Wildman–Crippen LogP) is 2.03. The van der Waals surface area contributed by atoms with Gasteiger partial charge in [-0.3, -0.25) is 9.78 Å². The Morgan fingerprint density at radius 3 is 2.41 bits per heavy atom. The molecule has 1 aliphatic heterocycles. The van der Waals surface area contributed by atoms with Gasteiger partial charge in [-0.05, 0) is 39.0 Å². The molecule has 0 bridgehead atoms. The van der Waals surface area contributed by atoms with Gasteiger partial charge in [-0.2, -0.15) is 0 Å². The molecule has 144 valence electrons. The summed E-state index contributed by atoms with van der Waals surface area (Å²) >= 11 is 0. The van der Waals surface area contributed by atoms with E-state index in [1.54, 1.807) is 25.4 Å². The molecule has 3 heterocycles. The zero-order valence-electron chi connectivity index (χ0n) is 16.1. The Bertz CT molecular complexity index is 808. The number of hydrogen-bond donors (Lipinski definition) is 0. The second-order valence-corrected chi connectivity index (χ2v) is 6.66. The lowest BCUT2D eigenvalue weighted by Gasteiger charge is -2.36. The summed E-state index contributed by atoms with van der Waals surface area (Å²) in [5, 5.41) is 0. The number of carbonyl (C=O) groups excluding carboxylic acids is 2. The Balaban J connectivity index is 1.62. The molecule has 1 aliphatic rings. The highest BCUT2D eigenvalue weighted by Crippen LogP contribution is 2.18. The lowest BCUT2D eigenvalue weighted by atomic mass is 10.2. The normalized spacial score (nSPS) is 14.3. The lowest BCUT2D eigenvalue weighted by molar-refractivity contribution is -0.132. The average molecular weight is 370 g/mol. The van der Waals surface area contributed by atoms with Gasteiger partial charge in [-0.15, -0.1) is 0 Å². The molecule has 7 heteroatoms. The van der Waals surface area contributed by atoms with E-state index in [-0.39, 0.29) is 18.4 Å². The molecule has 0 radical (unpaired) electrons. The highest BCUT2D eigenvalue weighted by atomic mass is 16.5. The van der Waals surface area contributed by atoms with Gasteiger partial charge in [0.05, 0.1) is 12.2 Å². The quantitative estimate of drug-likeness (QED) is 0.754. The SMILES string of the molecule is CCOC(=O)c1cc(C)n(CC(=O)N2CCN(c3ccncc3)CC2)c1C. The number of rotatable bonds is 5. The van der Waals surface area contributed by atoms with Gasteiger partial charge in [0, 0.05) is 55.6 Å². The minimum Gasteiger partial charge on any atom is -0.462 e. The molecule has 2 aromatic rings. The maximum Gasteiger partial charge on any atom is 0.339 e. The molecule has 27 heavy (non-hydrogen) atoms. The number of aromatic nitrogens is 2. The largest absolute Gasteiger partial charge is 0.462 e. The molecule has 0 spiro atoms. The van der Waals surface area contributed by atoms with Crippen molar-refractivity contribution >= 4 is 17.6 Å². The molecule has 0 aliphatic carbocycles. The van der Waals surface area contributed by atoms with E-state index in [4.69, 9.17) is 4.74 Å². The van der Waals surface area contributed by atoms with Crippen molar-refractivity contribution in [3.05, 3.63) is 47.5 Å². The highest BCUT2D eigenvalue weighted by Gasteiger charge is 2.23. The van der Waals surface area contributed by atoms with Gasteiger partial charge in [0.1, 0.15) is 6.54 Å². The molecule has 3 rings (SSSR count). The molecule has 0 aromatic carbocycles. The number of aryl methyl sites for hydroxylation is 1. The average Bonchev–Trinajstić information content (AvgIpc) is 2.97. The maximum atomic E-state index is 12.8. The van der Waals surface area contributed by atoms with Crippen molar-refractivity contribution in [2.24, 2.45) is 0 Å². The standard InChI is InChI=1S/C20H26N4O3/c1-4-27-20(26)18-13-15(2)24(16(18)3)14-19(25)23-11-9-22(10-12-23)17-5-7-21-8-6-17/h5-8,13H,4,9-12,14H2,1-3H3. The number of piperazine rings is 1. The minimum absolute atomic E-state index is 0.0709. The van der Waals surface area contributed by atoms with Gasteiger partial charge in [0.25, 0.3) is 0 Å². The first kappa shape index (κ1) is 18.9. The van der Waals surface area contributed by atoms with Crippen LogP contribution >= 0.6 is 0 Å². The third-order valence-electron chi connectivity index (χ3n) is 5.02. The minimum atomic E-state index is -0.338. The molecule has 0 saturated carbocycles. The van der Waals surface area contributed by atoms with Crippen LogP contribution in [-0.4, -0.2) is 59.1 Å². The summed E-state index contributed by atoms with van der Waals surface area (Å²) in [4.78, 5) is 33.0. The molecule has 1 amide bonds. The fourth-order valence-corrected chi connectivity index (χ4v) is 3.46. The first-order chi connectivity index (χ1) is 13.0. The number of ether oxygens (including phenoxy) is 1. The molecule has 0 unspecified atom stereocenters. The third-order valence-corrected chi connectivity index (χ3v) is 5.02. The molecule has 1 saturated heterocycles. The van der Waals surface area contributed by atoms with Crippen molar-refractivity contribution in [2.75, 3.05) is 37.7 Å². The number of hydrogen-bond acceptors (Lipinski definition) is 5. The molecular weight excluding hydrogens is 344 g/mol. The van der Waals surface area contributed by atoms with Crippen LogP contribution in [0.15, 0.2) is 30.6 Å². The molecule has 0 N–H and O–H groups in total. The van der Waals surface area contributed by atoms with Crippen molar-refractivity contribution in [3.63, 3.8) is 0 Å². The van der Waals surface area contributed by atoms with Crippen LogP contribution in [0.4, 0.5) is 5.69 Å². The van der Waals surface area contributed by atoms with Crippen molar-refractivity contribution in [2.45, 2.75) is 27.3 Å².